The summed E-state index contributed by atoms with van der Waals surface area (Å²) >= 11 is 0. The molecule has 1 aromatic rings. The molecule has 0 aliphatic carbocycles. The van der Waals surface area contributed by atoms with Gasteiger partial charge in [-0.3, -0.25) is 4.68 Å². The van der Waals surface area contributed by atoms with Gasteiger partial charge in [0.2, 0.25) is 0 Å². The number of aliphatic hydroxyl groups is 1. The number of rotatable bonds is 4. The van der Waals surface area contributed by atoms with Crippen LogP contribution in [0.3, 0.4) is 0 Å². The Labute approximate surface area is 113 Å². The van der Waals surface area contributed by atoms with Gasteiger partial charge in [0.25, 0.3) is 0 Å². The van der Waals surface area contributed by atoms with Crippen molar-refractivity contribution in [3.8, 4) is 0 Å². The second kappa shape index (κ2) is 5.61. The molecule has 1 amide bonds. The number of aromatic nitrogens is 2. The SMILES string of the molecule is Cn1cc(C(C)(O)CCNC(=O)OC(C)(C)C)cn1. The van der Waals surface area contributed by atoms with Gasteiger partial charge in [0, 0.05) is 25.4 Å². The molecular formula is C13H23N3O3. The summed E-state index contributed by atoms with van der Waals surface area (Å²) in [6.45, 7) is 7.44. The summed E-state index contributed by atoms with van der Waals surface area (Å²) in [6.07, 6.45) is 3.29. The van der Waals surface area contributed by atoms with Crippen molar-refractivity contribution in [3.05, 3.63) is 18.0 Å². The fourth-order valence-electron chi connectivity index (χ4n) is 1.57. The highest BCUT2D eigenvalue weighted by molar-refractivity contribution is 5.67. The second-order valence-corrected chi connectivity index (χ2v) is 5.86. The van der Waals surface area contributed by atoms with E-state index in [0.717, 1.165) is 5.56 Å². The van der Waals surface area contributed by atoms with Crippen LogP contribution < -0.4 is 5.32 Å². The molecule has 0 aliphatic heterocycles. The van der Waals surface area contributed by atoms with Crippen molar-refractivity contribution in [1.29, 1.82) is 0 Å². The molecule has 0 fully saturated rings. The van der Waals surface area contributed by atoms with Gasteiger partial charge in [0.05, 0.1) is 11.8 Å². The van der Waals surface area contributed by atoms with Crippen LogP contribution in [0.1, 0.15) is 39.7 Å². The maximum absolute atomic E-state index is 11.5. The molecule has 1 aromatic heterocycles. The molecule has 0 spiro atoms. The maximum Gasteiger partial charge on any atom is 0.407 e. The maximum atomic E-state index is 11.5. The quantitative estimate of drug-likeness (QED) is 0.869. The summed E-state index contributed by atoms with van der Waals surface area (Å²) in [5, 5.41) is 16.9. The summed E-state index contributed by atoms with van der Waals surface area (Å²) in [4.78, 5) is 11.5. The smallest absolute Gasteiger partial charge is 0.407 e. The highest BCUT2D eigenvalue weighted by atomic mass is 16.6. The van der Waals surface area contributed by atoms with Crippen LogP contribution in [0.4, 0.5) is 4.79 Å². The summed E-state index contributed by atoms with van der Waals surface area (Å²) < 4.78 is 6.74. The number of nitrogens with one attached hydrogen (secondary N) is 1. The highest BCUT2D eigenvalue weighted by Crippen LogP contribution is 2.23. The first kappa shape index (κ1) is 15.5. The monoisotopic (exact) mass is 269 g/mol. The van der Waals surface area contributed by atoms with Crippen LogP contribution in [-0.4, -0.2) is 33.1 Å². The van der Waals surface area contributed by atoms with Crippen LogP contribution in [0.5, 0.6) is 0 Å². The van der Waals surface area contributed by atoms with Gasteiger partial charge in [-0.1, -0.05) is 0 Å². The fraction of sp³-hybridized carbons (Fsp3) is 0.692. The van der Waals surface area contributed by atoms with E-state index in [1.165, 1.54) is 0 Å². The Balaban J connectivity index is 2.42. The van der Waals surface area contributed by atoms with Crippen LogP contribution in [0, 0.1) is 0 Å². The minimum atomic E-state index is -1.02. The van der Waals surface area contributed by atoms with Crippen LogP contribution in [0.15, 0.2) is 12.4 Å². The fourth-order valence-corrected chi connectivity index (χ4v) is 1.57. The molecule has 0 aromatic carbocycles. The molecule has 6 nitrogen and oxygen atoms in total. The zero-order valence-electron chi connectivity index (χ0n) is 12.2. The molecule has 0 saturated carbocycles. The summed E-state index contributed by atoms with van der Waals surface area (Å²) in [7, 11) is 1.79. The molecule has 19 heavy (non-hydrogen) atoms. The molecule has 6 heteroatoms. The van der Waals surface area contributed by atoms with E-state index in [2.05, 4.69) is 10.4 Å². The predicted octanol–water partition coefficient (Wildman–Crippen LogP) is 1.54. The summed E-state index contributed by atoms with van der Waals surface area (Å²) in [5.74, 6) is 0. The minimum Gasteiger partial charge on any atom is -0.444 e. The van der Waals surface area contributed by atoms with Crippen molar-refractivity contribution in [3.63, 3.8) is 0 Å². The molecule has 1 unspecified atom stereocenters. The van der Waals surface area contributed by atoms with Gasteiger partial charge in [-0.15, -0.1) is 0 Å². The van der Waals surface area contributed by atoms with E-state index in [-0.39, 0.29) is 0 Å². The topological polar surface area (TPSA) is 76.4 Å². The third kappa shape index (κ3) is 5.30. The van der Waals surface area contributed by atoms with Crippen LogP contribution in [0.25, 0.3) is 0 Å². The van der Waals surface area contributed by atoms with E-state index in [4.69, 9.17) is 4.74 Å². The molecule has 0 saturated heterocycles. The van der Waals surface area contributed by atoms with Crippen LogP contribution in [0.2, 0.25) is 0 Å². The largest absolute Gasteiger partial charge is 0.444 e. The number of hydrogen-bond donors (Lipinski definition) is 2. The number of ether oxygens (including phenoxy) is 1. The van der Waals surface area contributed by atoms with Crippen molar-refractivity contribution in [2.45, 2.75) is 45.3 Å². The lowest BCUT2D eigenvalue weighted by atomic mass is 9.96. The van der Waals surface area contributed by atoms with E-state index >= 15 is 0 Å². The van der Waals surface area contributed by atoms with Gasteiger partial charge in [-0.05, 0) is 34.1 Å². The third-order valence-electron chi connectivity index (χ3n) is 2.61. The zero-order chi connectivity index (χ0) is 14.7. The first-order valence-electron chi connectivity index (χ1n) is 6.28. The number of aryl methyl sites for hydroxylation is 1. The van der Waals surface area contributed by atoms with E-state index < -0.39 is 17.3 Å². The van der Waals surface area contributed by atoms with Crippen LogP contribution in [-0.2, 0) is 17.4 Å². The van der Waals surface area contributed by atoms with Crippen molar-refractivity contribution in [2.75, 3.05) is 6.54 Å². The van der Waals surface area contributed by atoms with Gasteiger partial charge in [-0.25, -0.2) is 4.79 Å². The molecule has 0 bridgehead atoms. The predicted molar refractivity (Wildman–Crippen MR) is 71.6 cm³/mol. The van der Waals surface area contributed by atoms with Gasteiger partial charge in [0.15, 0.2) is 0 Å². The highest BCUT2D eigenvalue weighted by Gasteiger charge is 2.25. The number of alkyl carbamates (subject to hydrolysis) is 1. The molecular weight excluding hydrogens is 246 g/mol. The number of amides is 1. The normalized spacial score (nSPS) is 14.8. The Kier molecular flexibility index (Phi) is 4.57. The number of carbonyl (C=O) groups excluding carboxylic acids is 1. The van der Waals surface area contributed by atoms with Gasteiger partial charge < -0.3 is 15.2 Å². The average molecular weight is 269 g/mol. The Morgan fingerprint density at radius 3 is 2.58 bits per heavy atom. The average Bonchev–Trinajstić information content (AvgIpc) is 2.62. The lowest BCUT2D eigenvalue weighted by Crippen LogP contribution is -2.35. The minimum absolute atomic E-state index is 0.330. The Hall–Kier alpha value is -1.56. The molecule has 0 aliphatic rings. The van der Waals surface area contributed by atoms with Crippen LogP contribution >= 0.6 is 0 Å². The Morgan fingerprint density at radius 2 is 2.11 bits per heavy atom. The van der Waals surface area contributed by atoms with Crippen molar-refractivity contribution in [1.82, 2.24) is 15.1 Å². The van der Waals surface area contributed by atoms with Crippen molar-refractivity contribution < 1.29 is 14.6 Å². The molecule has 108 valence electrons. The third-order valence-corrected chi connectivity index (χ3v) is 2.61. The van der Waals surface area contributed by atoms with E-state index in [9.17, 15) is 9.90 Å². The first-order valence-corrected chi connectivity index (χ1v) is 6.28. The van der Waals surface area contributed by atoms with Gasteiger partial charge in [-0.2, -0.15) is 5.10 Å². The summed E-state index contributed by atoms with van der Waals surface area (Å²) in [6, 6.07) is 0. The Bertz CT molecular complexity index is 433. The van der Waals surface area contributed by atoms with E-state index in [1.807, 2.05) is 0 Å². The second-order valence-electron chi connectivity index (χ2n) is 5.86. The standard InChI is InChI=1S/C13H23N3O3/c1-12(2,3)19-11(17)14-7-6-13(4,18)10-8-15-16(5)9-10/h8-9,18H,6-7H2,1-5H3,(H,14,17). The number of hydrogen-bond acceptors (Lipinski definition) is 4. The summed E-state index contributed by atoms with van der Waals surface area (Å²) in [5.41, 5.74) is -0.819. The molecule has 1 heterocycles. The lowest BCUT2D eigenvalue weighted by molar-refractivity contribution is 0.0390. The number of nitrogens with zero attached hydrogens (tertiary/aromatic N) is 2. The van der Waals surface area contributed by atoms with Gasteiger partial charge >= 0.3 is 6.09 Å². The van der Waals surface area contributed by atoms with E-state index in [0.29, 0.717) is 13.0 Å². The lowest BCUT2D eigenvalue weighted by Gasteiger charge is -2.23. The van der Waals surface area contributed by atoms with E-state index in [1.54, 1.807) is 51.8 Å². The zero-order valence-corrected chi connectivity index (χ0v) is 12.2. The number of carbonyl (C=O) groups is 1. The molecule has 0 radical (unpaired) electrons. The first-order chi connectivity index (χ1) is 8.60. The Morgan fingerprint density at radius 1 is 1.47 bits per heavy atom. The van der Waals surface area contributed by atoms with Crippen molar-refractivity contribution in [2.24, 2.45) is 7.05 Å². The van der Waals surface area contributed by atoms with Crippen molar-refractivity contribution >= 4 is 6.09 Å². The molecule has 1 rings (SSSR count). The van der Waals surface area contributed by atoms with Gasteiger partial charge in [0.1, 0.15) is 5.60 Å². The molecule has 2 N–H and O–H groups in total. The molecule has 1 atom stereocenters.